The Morgan fingerprint density at radius 1 is 1.00 bits per heavy atom. The van der Waals surface area contributed by atoms with Crippen molar-refractivity contribution >= 4 is 28.3 Å². The average Bonchev–Trinajstić information content (AvgIpc) is 3.23. The van der Waals surface area contributed by atoms with Gasteiger partial charge in [0.1, 0.15) is 0 Å². The summed E-state index contributed by atoms with van der Waals surface area (Å²) in [5.74, 6) is -0.168. The molecule has 4 rings (SSSR count). The zero-order valence-corrected chi connectivity index (χ0v) is 16.3. The fourth-order valence-electron chi connectivity index (χ4n) is 3.69. The molecule has 6 heteroatoms. The SMILES string of the molecule is O=C(NCCN1CCCC1)c1cn(-c2ccc(Cl)cc2)c(=O)c2ccccc12. The molecule has 1 saturated heterocycles. The Kier molecular flexibility index (Phi) is 5.46. The van der Waals surface area contributed by atoms with Crippen LogP contribution in [0, 0.1) is 0 Å². The van der Waals surface area contributed by atoms with Crippen molar-refractivity contribution in [2.75, 3.05) is 26.2 Å². The highest BCUT2D eigenvalue weighted by atomic mass is 35.5. The molecule has 2 heterocycles. The average molecular weight is 396 g/mol. The number of carbonyl (C=O) groups excluding carboxylic acids is 1. The van der Waals surface area contributed by atoms with E-state index >= 15 is 0 Å². The maximum absolute atomic E-state index is 13.0. The molecule has 1 fully saturated rings. The van der Waals surface area contributed by atoms with Crippen LogP contribution in [-0.2, 0) is 0 Å². The molecule has 1 amide bonds. The fourth-order valence-corrected chi connectivity index (χ4v) is 3.82. The molecule has 0 spiro atoms. The van der Waals surface area contributed by atoms with Crippen molar-refractivity contribution in [1.29, 1.82) is 0 Å². The molecule has 2 aromatic carbocycles. The zero-order chi connectivity index (χ0) is 19.5. The number of benzene rings is 2. The summed E-state index contributed by atoms with van der Waals surface area (Å²) < 4.78 is 1.51. The number of aromatic nitrogens is 1. The van der Waals surface area contributed by atoms with E-state index in [4.69, 9.17) is 11.6 Å². The fraction of sp³-hybridized carbons (Fsp3) is 0.273. The van der Waals surface area contributed by atoms with Crippen molar-refractivity contribution in [2.24, 2.45) is 0 Å². The number of halogens is 1. The summed E-state index contributed by atoms with van der Waals surface area (Å²) in [5, 5.41) is 4.78. The molecule has 1 aromatic heterocycles. The Hall–Kier alpha value is -2.63. The second-order valence-corrected chi connectivity index (χ2v) is 7.48. The Morgan fingerprint density at radius 2 is 1.68 bits per heavy atom. The first kappa shape index (κ1) is 18.7. The number of pyridine rings is 1. The Labute approximate surface area is 168 Å². The highest BCUT2D eigenvalue weighted by Gasteiger charge is 2.16. The van der Waals surface area contributed by atoms with Gasteiger partial charge in [-0.05, 0) is 56.3 Å². The second kappa shape index (κ2) is 8.17. The van der Waals surface area contributed by atoms with Crippen LogP contribution < -0.4 is 10.9 Å². The number of amides is 1. The number of nitrogens with zero attached hydrogens (tertiary/aromatic N) is 2. The van der Waals surface area contributed by atoms with Crippen LogP contribution in [0.2, 0.25) is 5.02 Å². The summed E-state index contributed by atoms with van der Waals surface area (Å²) in [4.78, 5) is 28.2. The van der Waals surface area contributed by atoms with Crippen molar-refractivity contribution in [3.63, 3.8) is 0 Å². The Bertz CT molecular complexity index is 1050. The highest BCUT2D eigenvalue weighted by molar-refractivity contribution is 6.30. The van der Waals surface area contributed by atoms with Gasteiger partial charge < -0.3 is 10.2 Å². The van der Waals surface area contributed by atoms with Gasteiger partial charge in [-0.25, -0.2) is 0 Å². The summed E-state index contributed by atoms with van der Waals surface area (Å²) in [7, 11) is 0. The number of hydrogen-bond donors (Lipinski definition) is 1. The zero-order valence-electron chi connectivity index (χ0n) is 15.5. The minimum Gasteiger partial charge on any atom is -0.351 e. The van der Waals surface area contributed by atoms with E-state index in [1.54, 1.807) is 36.5 Å². The molecule has 0 bridgehead atoms. The third-order valence-electron chi connectivity index (χ3n) is 5.19. The highest BCUT2D eigenvalue weighted by Crippen LogP contribution is 2.19. The van der Waals surface area contributed by atoms with Crippen LogP contribution in [0.15, 0.2) is 59.5 Å². The topological polar surface area (TPSA) is 54.3 Å². The lowest BCUT2D eigenvalue weighted by Crippen LogP contribution is -2.34. The van der Waals surface area contributed by atoms with E-state index in [0.29, 0.717) is 33.6 Å². The minimum atomic E-state index is -0.168. The Balaban J connectivity index is 1.68. The van der Waals surface area contributed by atoms with Gasteiger partial charge in [0, 0.05) is 40.8 Å². The molecular weight excluding hydrogens is 374 g/mol. The molecule has 0 unspecified atom stereocenters. The normalized spacial score (nSPS) is 14.5. The van der Waals surface area contributed by atoms with Crippen LogP contribution in [0.5, 0.6) is 0 Å². The maximum atomic E-state index is 13.0. The van der Waals surface area contributed by atoms with Crippen molar-refractivity contribution in [1.82, 2.24) is 14.8 Å². The molecule has 28 heavy (non-hydrogen) atoms. The van der Waals surface area contributed by atoms with Gasteiger partial charge in [0.2, 0.25) is 0 Å². The summed E-state index contributed by atoms with van der Waals surface area (Å²) in [5.41, 5.74) is 1.00. The first-order valence-electron chi connectivity index (χ1n) is 9.54. The standard InChI is InChI=1S/C22H22ClN3O2/c23-16-7-9-17(10-8-16)26-15-20(18-5-1-2-6-19(18)22(26)28)21(27)24-11-14-25-12-3-4-13-25/h1-2,5-10,15H,3-4,11-14H2,(H,24,27). The van der Waals surface area contributed by atoms with E-state index in [1.807, 2.05) is 18.2 Å². The number of hydrogen-bond acceptors (Lipinski definition) is 3. The molecule has 5 nitrogen and oxygen atoms in total. The smallest absolute Gasteiger partial charge is 0.262 e. The van der Waals surface area contributed by atoms with Crippen LogP contribution in [0.3, 0.4) is 0 Å². The number of rotatable bonds is 5. The number of nitrogens with one attached hydrogen (secondary N) is 1. The van der Waals surface area contributed by atoms with Gasteiger partial charge in [-0.3, -0.25) is 14.2 Å². The number of carbonyl (C=O) groups is 1. The molecule has 144 valence electrons. The monoisotopic (exact) mass is 395 g/mol. The predicted molar refractivity (Wildman–Crippen MR) is 113 cm³/mol. The van der Waals surface area contributed by atoms with Crippen LogP contribution in [0.25, 0.3) is 16.5 Å². The van der Waals surface area contributed by atoms with Crippen LogP contribution >= 0.6 is 11.6 Å². The molecule has 1 aliphatic rings. The lowest BCUT2D eigenvalue weighted by Gasteiger charge is -2.16. The van der Waals surface area contributed by atoms with Crippen LogP contribution in [-0.4, -0.2) is 41.6 Å². The van der Waals surface area contributed by atoms with Crippen molar-refractivity contribution in [3.8, 4) is 5.69 Å². The summed E-state index contributed by atoms with van der Waals surface area (Å²) >= 11 is 5.97. The molecule has 3 aromatic rings. The number of likely N-dealkylation sites (tertiary alicyclic amines) is 1. The molecular formula is C22H22ClN3O2. The summed E-state index contributed by atoms with van der Waals surface area (Å²) in [6, 6.07) is 14.2. The van der Waals surface area contributed by atoms with E-state index in [-0.39, 0.29) is 11.5 Å². The molecule has 0 aliphatic carbocycles. The van der Waals surface area contributed by atoms with E-state index < -0.39 is 0 Å². The van der Waals surface area contributed by atoms with Gasteiger partial charge in [-0.15, -0.1) is 0 Å². The van der Waals surface area contributed by atoms with Gasteiger partial charge >= 0.3 is 0 Å². The molecule has 1 N–H and O–H groups in total. The van der Waals surface area contributed by atoms with Gasteiger partial charge in [-0.2, -0.15) is 0 Å². The van der Waals surface area contributed by atoms with Gasteiger partial charge in [0.25, 0.3) is 11.5 Å². The van der Waals surface area contributed by atoms with Crippen molar-refractivity contribution in [2.45, 2.75) is 12.8 Å². The van der Waals surface area contributed by atoms with E-state index in [9.17, 15) is 9.59 Å². The van der Waals surface area contributed by atoms with Crippen molar-refractivity contribution in [3.05, 3.63) is 75.7 Å². The van der Waals surface area contributed by atoms with Crippen LogP contribution in [0.1, 0.15) is 23.2 Å². The second-order valence-electron chi connectivity index (χ2n) is 7.04. The molecule has 0 saturated carbocycles. The van der Waals surface area contributed by atoms with E-state index in [2.05, 4.69) is 10.2 Å². The van der Waals surface area contributed by atoms with E-state index in [1.165, 1.54) is 17.4 Å². The molecule has 0 radical (unpaired) electrons. The van der Waals surface area contributed by atoms with Gasteiger partial charge in [-0.1, -0.05) is 29.8 Å². The van der Waals surface area contributed by atoms with Gasteiger partial charge in [0.05, 0.1) is 5.56 Å². The molecule has 0 atom stereocenters. The van der Waals surface area contributed by atoms with Crippen LogP contribution in [0.4, 0.5) is 0 Å². The molecule has 1 aliphatic heterocycles. The maximum Gasteiger partial charge on any atom is 0.262 e. The largest absolute Gasteiger partial charge is 0.351 e. The lowest BCUT2D eigenvalue weighted by atomic mass is 10.1. The summed E-state index contributed by atoms with van der Waals surface area (Å²) in [6.07, 6.45) is 4.08. The van der Waals surface area contributed by atoms with Crippen molar-refractivity contribution < 1.29 is 4.79 Å². The summed E-state index contributed by atoms with van der Waals surface area (Å²) in [6.45, 7) is 3.63. The van der Waals surface area contributed by atoms with E-state index in [0.717, 1.165) is 19.6 Å². The first-order chi connectivity index (χ1) is 13.6. The minimum absolute atomic E-state index is 0.161. The number of fused-ring (bicyclic) bond motifs is 1. The lowest BCUT2D eigenvalue weighted by molar-refractivity contribution is 0.0951. The predicted octanol–water partition coefficient (Wildman–Crippen LogP) is 3.47. The quantitative estimate of drug-likeness (QED) is 0.719. The first-order valence-corrected chi connectivity index (χ1v) is 9.92. The Morgan fingerprint density at radius 3 is 2.39 bits per heavy atom. The third-order valence-corrected chi connectivity index (χ3v) is 5.44. The van der Waals surface area contributed by atoms with Gasteiger partial charge in [0.15, 0.2) is 0 Å². The third kappa shape index (κ3) is 3.81.